The molecular weight excluding hydrogens is 504 g/mol. The van der Waals surface area contributed by atoms with Gasteiger partial charge in [-0.2, -0.15) is 0 Å². The van der Waals surface area contributed by atoms with Gasteiger partial charge >= 0.3 is 23.9 Å². The molecule has 4 rings (SSSR count). The maximum absolute atomic E-state index is 13.0. The Morgan fingerprint density at radius 2 is 1.55 bits per heavy atom. The van der Waals surface area contributed by atoms with Crippen LogP contribution in [0.25, 0.3) is 0 Å². The first-order chi connectivity index (χ1) is 17.4. The highest BCUT2D eigenvalue weighted by Crippen LogP contribution is 2.65. The molecule has 0 aromatic carbocycles. The first kappa shape index (κ1) is 28.2. The van der Waals surface area contributed by atoms with Crippen molar-refractivity contribution in [2.45, 2.75) is 102 Å². The van der Waals surface area contributed by atoms with Crippen molar-refractivity contribution in [3.63, 3.8) is 0 Å². The third-order valence-electron chi connectivity index (χ3n) is 8.37. The van der Waals surface area contributed by atoms with Crippen molar-refractivity contribution >= 4 is 23.9 Å². The van der Waals surface area contributed by atoms with Crippen molar-refractivity contribution in [1.82, 2.24) is 0 Å². The highest BCUT2D eigenvalue weighted by Gasteiger charge is 2.87. The second-order valence-electron chi connectivity index (χ2n) is 11.1. The Bertz CT molecular complexity index is 1130. The van der Waals surface area contributed by atoms with Crippen LogP contribution in [0.4, 0.5) is 0 Å². The summed E-state index contributed by atoms with van der Waals surface area (Å²) in [5.74, 6) is -4.32. The summed E-state index contributed by atoms with van der Waals surface area (Å²) >= 11 is 0. The molecule has 3 N–H and O–H groups in total. The van der Waals surface area contributed by atoms with Crippen LogP contribution >= 0.6 is 0 Å². The van der Waals surface area contributed by atoms with Crippen LogP contribution in [0.15, 0.2) is 23.8 Å². The Kier molecular flexibility index (Phi) is 6.58. The molecule has 4 aliphatic rings. The molecule has 2 heterocycles. The minimum atomic E-state index is -2.04. The molecule has 1 spiro atoms. The maximum atomic E-state index is 13.0. The number of epoxide rings is 1. The van der Waals surface area contributed by atoms with Crippen LogP contribution in [0, 0.1) is 11.3 Å². The highest BCUT2D eigenvalue weighted by molar-refractivity contribution is 5.89. The third kappa shape index (κ3) is 3.88. The highest BCUT2D eigenvalue weighted by atomic mass is 16.7. The lowest BCUT2D eigenvalue weighted by Gasteiger charge is -2.55. The van der Waals surface area contributed by atoms with E-state index in [0.29, 0.717) is 0 Å². The van der Waals surface area contributed by atoms with E-state index in [1.54, 1.807) is 0 Å². The fourth-order valence-electron chi connectivity index (χ4n) is 6.52. The standard InChI is InChI=1S/C26H34O12/c1-11-10-16-26(25(7,38-26)22(32)37-16)21(36-14(4)29)19-23(5,20(31)17(30)18(11)35-13(3)28)9-8-15(24(19,6)33)34-12(2)27/h8-10,15-21,30-31,33H,1-7H3/b11-10-/t15-,16+,17-,18?,19-,20+,21?,23+,24-,25+,26+/m0/s1. The molecule has 210 valence electrons. The van der Waals surface area contributed by atoms with Crippen molar-refractivity contribution < 1.29 is 58.2 Å². The molecule has 2 aliphatic carbocycles. The van der Waals surface area contributed by atoms with Gasteiger partial charge in [0.25, 0.3) is 0 Å². The molecule has 11 atom stereocenters. The van der Waals surface area contributed by atoms with Crippen LogP contribution in [0.5, 0.6) is 0 Å². The molecule has 0 amide bonds. The molecule has 12 nitrogen and oxygen atoms in total. The Morgan fingerprint density at radius 3 is 2.08 bits per heavy atom. The van der Waals surface area contributed by atoms with E-state index in [0.717, 1.165) is 20.8 Å². The SMILES string of the molecule is CC(=O)OC1/C(C)=C\[C@H]2OC(=O)[C@@]3(C)O[C@@]23C(OC(C)=O)[C@@H]2[C@@](C)(O)[C@@H](OC(C)=O)C=C[C@@]2(C)[C@H](O)[C@H]1O. The number of carbonyl (C=O) groups is 4. The number of fused-ring (bicyclic) bond motifs is 1. The number of ether oxygens (including phenoxy) is 5. The smallest absolute Gasteiger partial charge is 0.342 e. The van der Waals surface area contributed by atoms with Crippen molar-refractivity contribution in [1.29, 1.82) is 0 Å². The average molecular weight is 539 g/mol. The number of esters is 4. The Hall–Kier alpha value is -2.80. The molecular formula is C26H34O12. The molecule has 0 aromatic heterocycles. The van der Waals surface area contributed by atoms with E-state index in [1.807, 2.05) is 0 Å². The molecule has 0 aromatic rings. The average Bonchev–Trinajstić information content (AvgIpc) is 3.38. The summed E-state index contributed by atoms with van der Waals surface area (Å²) in [5, 5.41) is 35.0. The van der Waals surface area contributed by atoms with Crippen LogP contribution in [-0.2, 0) is 42.9 Å². The van der Waals surface area contributed by atoms with Crippen LogP contribution in [0.2, 0.25) is 0 Å². The number of aliphatic hydroxyl groups is 3. The van der Waals surface area contributed by atoms with Gasteiger partial charge < -0.3 is 39.0 Å². The first-order valence-corrected chi connectivity index (χ1v) is 12.3. The predicted octanol–water partition coefficient (Wildman–Crippen LogP) is -0.140. The lowest BCUT2D eigenvalue weighted by atomic mass is 9.55. The molecule has 2 fully saturated rings. The predicted molar refractivity (Wildman–Crippen MR) is 126 cm³/mol. The summed E-state index contributed by atoms with van der Waals surface area (Å²) in [7, 11) is 0. The lowest BCUT2D eigenvalue weighted by molar-refractivity contribution is -0.225. The molecule has 2 aliphatic heterocycles. The third-order valence-corrected chi connectivity index (χ3v) is 8.37. The van der Waals surface area contributed by atoms with Gasteiger partial charge in [0.15, 0.2) is 23.4 Å². The van der Waals surface area contributed by atoms with E-state index in [9.17, 15) is 34.5 Å². The van der Waals surface area contributed by atoms with Gasteiger partial charge in [-0.25, -0.2) is 4.79 Å². The normalized spacial score (nSPS) is 48.7. The van der Waals surface area contributed by atoms with E-state index in [2.05, 4.69) is 0 Å². The van der Waals surface area contributed by atoms with E-state index in [-0.39, 0.29) is 5.57 Å². The van der Waals surface area contributed by atoms with Gasteiger partial charge in [0, 0.05) is 32.1 Å². The summed E-state index contributed by atoms with van der Waals surface area (Å²) in [4.78, 5) is 49.3. The summed E-state index contributed by atoms with van der Waals surface area (Å²) in [6, 6.07) is 0. The van der Waals surface area contributed by atoms with E-state index < -0.39 is 88.6 Å². The Labute approximate surface area is 219 Å². The topological polar surface area (TPSA) is 178 Å². The minimum Gasteiger partial charge on any atom is -0.459 e. The first-order valence-electron chi connectivity index (χ1n) is 12.3. The lowest BCUT2D eigenvalue weighted by Crippen LogP contribution is -2.68. The Balaban J connectivity index is 2.03. The van der Waals surface area contributed by atoms with Gasteiger partial charge in [-0.05, 0) is 38.5 Å². The minimum absolute atomic E-state index is 0.247. The van der Waals surface area contributed by atoms with Crippen molar-refractivity contribution in [2.75, 3.05) is 0 Å². The summed E-state index contributed by atoms with van der Waals surface area (Å²) in [6.45, 7) is 9.26. The van der Waals surface area contributed by atoms with E-state index in [4.69, 9.17) is 23.7 Å². The summed E-state index contributed by atoms with van der Waals surface area (Å²) in [5.41, 5.74) is -6.67. The second kappa shape index (κ2) is 8.87. The quantitative estimate of drug-likeness (QED) is 0.188. The van der Waals surface area contributed by atoms with Crippen LogP contribution in [0.3, 0.4) is 0 Å². The summed E-state index contributed by atoms with van der Waals surface area (Å²) in [6.07, 6.45) is -4.49. The number of aliphatic hydroxyl groups excluding tert-OH is 2. The van der Waals surface area contributed by atoms with Crippen molar-refractivity contribution in [3.05, 3.63) is 23.8 Å². The van der Waals surface area contributed by atoms with Crippen molar-refractivity contribution in [2.24, 2.45) is 11.3 Å². The van der Waals surface area contributed by atoms with Gasteiger partial charge in [0.1, 0.15) is 23.9 Å². The van der Waals surface area contributed by atoms with E-state index >= 15 is 0 Å². The molecule has 2 unspecified atom stereocenters. The second-order valence-corrected chi connectivity index (χ2v) is 11.1. The van der Waals surface area contributed by atoms with Gasteiger partial charge in [-0.15, -0.1) is 0 Å². The Morgan fingerprint density at radius 1 is 0.974 bits per heavy atom. The number of rotatable bonds is 3. The van der Waals surface area contributed by atoms with Crippen LogP contribution < -0.4 is 0 Å². The zero-order chi connectivity index (χ0) is 28.6. The molecule has 0 bridgehead atoms. The van der Waals surface area contributed by atoms with Gasteiger partial charge in [0.05, 0.1) is 6.10 Å². The van der Waals surface area contributed by atoms with Crippen molar-refractivity contribution in [3.8, 4) is 0 Å². The number of carbonyl (C=O) groups excluding carboxylic acids is 4. The molecule has 0 saturated carbocycles. The number of hydrogen-bond acceptors (Lipinski definition) is 12. The van der Waals surface area contributed by atoms with Crippen LogP contribution in [-0.4, -0.2) is 92.6 Å². The molecule has 38 heavy (non-hydrogen) atoms. The summed E-state index contributed by atoms with van der Waals surface area (Å²) < 4.78 is 28.2. The van der Waals surface area contributed by atoms with Crippen LogP contribution in [0.1, 0.15) is 48.5 Å². The van der Waals surface area contributed by atoms with Gasteiger partial charge in [0.2, 0.25) is 0 Å². The monoisotopic (exact) mass is 538 g/mol. The molecule has 0 radical (unpaired) electrons. The maximum Gasteiger partial charge on any atom is 0.342 e. The molecule has 2 saturated heterocycles. The largest absolute Gasteiger partial charge is 0.459 e. The number of hydrogen-bond donors (Lipinski definition) is 3. The zero-order valence-electron chi connectivity index (χ0n) is 22.3. The fourth-order valence-corrected chi connectivity index (χ4v) is 6.52. The van der Waals surface area contributed by atoms with E-state index in [1.165, 1.54) is 45.9 Å². The zero-order valence-corrected chi connectivity index (χ0v) is 22.3. The van der Waals surface area contributed by atoms with Gasteiger partial charge in [-0.1, -0.05) is 13.0 Å². The fraction of sp³-hybridized carbons (Fsp3) is 0.692. The van der Waals surface area contributed by atoms with Gasteiger partial charge in [-0.3, -0.25) is 14.4 Å². The molecule has 12 heteroatoms.